The molecule has 102 valence electrons. The predicted octanol–water partition coefficient (Wildman–Crippen LogP) is 1.86. The van der Waals surface area contributed by atoms with E-state index >= 15 is 0 Å². The van der Waals surface area contributed by atoms with Crippen molar-refractivity contribution in [2.45, 2.75) is 38.1 Å². The maximum absolute atomic E-state index is 12.3. The Labute approximate surface area is 109 Å². The summed E-state index contributed by atoms with van der Waals surface area (Å²) >= 11 is 0. The van der Waals surface area contributed by atoms with E-state index in [9.17, 15) is 8.42 Å². The Hall–Kier alpha value is -0.880. The molecule has 2 rings (SSSR count). The Balaban J connectivity index is 2.11. The van der Waals surface area contributed by atoms with Crippen LogP contribution in [0, 0.1) is 11.8 Å². The Morgan fingerprint density at radius 3 is 2.78 bits per heavy atom. The molecule has 1 atom stereocenters. The number of hydrogen-bond acceptors (Lipinski definition) is 3. The maximum atomic E-state index is 12.3. The highest BCUT2D eigenvalue weighted by molar-refractivity contribution is 7.89. The lowest BCUT2D eigenvalue weighted by molar-refractivity contribution is 0.340. The van der Waals surface area contributed by atoms with Crippen LogP contribution in [0.2, 0.25) is 0 Å². The van der Waals surface area contributed by atoms with Crippen LogP contribution in [0.3, 0.4) is 0 Å². The third-order valence-electron chi connectivity index (χ3n) is 3.77. The molecule has 0 spiro atoms. The number of nitrogens with zero attached hydrogens (tertiary/aromatic N) is 2. The van der Waals surface area contributed by atoms with Gasteiger partial charge in [0.1, 0.15) is 0 Å². The first-order valence-electron chi connectivity index (χ1n) is 6.50. The van der Waals surface area contributed by atoms with Gasteiger partial charge in [0.2, 0.25) is 0 Å². The van der Waals surface area contributed by atoms with Crippen molar-refractivity contribution >= 4 is 10.0 Å². The van der Waals surface area contributed by atoms with Crippen molar-refractivity contribution in [3.8, 4) is 0 Å². The molecule has 1 aliphatic rings. The van der Waals surface area contributed by atoms with Crippen LogP contribution < -0.4 is 0 Å². The molecule has 6 heteroatoms. The van der Waals surface area contributed by atoms with E-state index < -0.39 is 10.0 Å². The van der Waals surface area contributed by atoms with Gasteiger partial charge < -0.3 is 4.98 Å². The summed E-state index contributed by atoms with van der Waals surface area (Å²) in [6.45, 7) is 5.65. The average molecular weight is 271 g/mol. The molecule has 0 bridgehead atoms. The topological polar surface area (TPSA) is 66.1 Å². The zero-order valence-corrected chi connectivity index (χ0v) is 11.8. The molecule has 0 amide bonds. The van der Waals surface area contributed by atoms with E-state index in [2.05, 4.69) is 23.8 Å². The van der Waals surface area contributed by atoms with Gasteiger partial charge in [-0.1, -0.05) is 13.8 Å². The minimum atomic E-state index is -3.38. The van der Waals surface area contributed by atoms with Gasteiger partial charge in [-0.15, -0.1) is 0 Å². The summed E-state index contributed by atoms with van der Waals surface area (Å²) in [4.78, 5) is 6.48. The summed E-state index contributed by atoms with van der Waals surface area (Å²) in [6, 6.07) is 0. The predicted molar refractivity (Wildman–Crippen MR) is 69.5 cm³/mol. The molecule has 0 radical (unpaired) electrons. The normalized spacial score (nSPS) is 23.2. The molecular weight excluding hydrogens is 250 g/mol. The van der Waals surface area contributed by atoms with Gasteiger partial charge in [-0.3, -0.25) is 0 Å². The highest BCUT2D eigenvalue weighted by Crippen LogP contribution is 2.26. The molecule has 0 aliphatic carbocycles. The van der Waals surface area contributed by atoms with Crippen LogP contribution in [0.5, 0.6) is 0 Å². The van der Waals surface area contributed by atoms with E-state index in [0.29, 0.717) is 24.9 Å². The van der Waals surface area contributed by atoms with Crippen LogP contribution in [0.25, 0.3) is 0 Å². The first-order valence-corrected chi connectivity index (χ1v) is 7.94. The molecule has 0 saturated carbocycles. The number of hydrogen-bond donors (Lipinski definition) is 1. The van der Waals surface area contributed by atoms with Crippen molar-refractivity contribution < 1.29 is 8.42 Å². The number of imidazole rings is 1. The van der Waals surface area contributed by atoms with Crippen LogP contribution in [-0.4, -0.2) is 35.8 Å². The Morgan fingerprint density at radius 2 is 2.17 bits per heavy atom. The van der Waals surface area contributed by atoms with Gasteiger partial charge in [0.25, 0.3) is 10.0 Å². The molecular formula is C12H21N3O2S. The van der Waals surface area contributed by atoms with Gasteiger partial charge in [0.05, 0.1) is 12.5 Å². The fourth-order valence-electron chi connectivity index (χ4n) is 2.53. The molecule has 0 aromatic carbocycles. The molecule has 1 saturated heterocycles. The van der Waals surface area contributed by atoms with Gasteiger partial charge in [-0.2, -0.15) is 4.31 Å². The molecule has 5 nitrogen and oxygen atoms in total. The number of rotatable bonds is 3. The van der Waals surface area contributed by atoms with E-state index in [4.69, 9.17) is 0 Å². The molecule has 1 fully saturated rings. The minimum Gasteiger partial charge on any atom is -0.335 e. The quantitative estimate of drug-likeness (QED) is 0.912. The summed E-state index contributed by atoms with van der Waals surface area (Å²) in [7, 11) is -3.38. The second kappa shape index (κ2) is 5.40. The highest BCUT2D eigenvalue weighted by atomic mass is 32.2. The van der Waals surface area contributed by atoms with Crippen molar-refractivity contribution in [2.75, 3.05) is 13.1 Å². The summed E-state index contributed by atoms with van der Waals surface area (Å²) in [5.74, 6) is 1.26. The first-order chi connectivity index (χ1) is 8.51. The zero-order valence-electron chi connectivity index (χ0n) is 11.0. The smallest absolute Gasteiger partial charge is 0.260 e. The summed E-state index contributed by atoms with van der Waals surface area (Å²) in [5.41, 5.74) is 0. The van der Waals surface area contributed by atoms with Crippen LogP contribution in [0.1, 0.15) is 33.1 Å². The van der Waals surface area contributed by atoms with E-state index in [1.165, 1.54) is 12.5 Å². The van der Waals surface area contributed by atoms with E-state index in [-0.39, 0.29) is 5.03 Å². The van der Waals surface area contributed by atoms with Gasteiger partial charge >= 0.3 is 0 Å². The van der Waals surface area contributed by atoms with E-state index in [1.807, 2.05) is 0 Å². The average Bonchev–Trinajstić information content (AvgIpc) is 2.73. The molecule has 1 aromatic rings. The van der Waals surface area contributed by atoms with Crippen LogP contribution in [0.4, 0.5) is 0 Å². The molecule has 1 aliphatic heterocycles. The molecule has 18 heavy (non-hydrogen) atoms. The third-order valence-corrected chi connectivity index (χ3v) is 5.59. The molecule has 1 N–H and O–H groups in total. The number of nitrogens with one attached hydrogen (secondary N) is 1. The van der Waals surface area contributed by atoms with Gasteiger partial charge in [-0.25, -0.2) is 13.4 Å². The van der Waals surface area contributed by atoms with E-state index in [0.717, 1.165) is 19.3 Å². The fourth-order valence-corrected chi connectivity index (χ4v) is 3.92. The van der Waals surface area contributed by atoms with E-state index in [1.54, 1.807) is 4.31 Å². The van der Waals surface area contributed by atoms with Crippen molar-refractivity contribution in [1.29, 1.82) is 0 Å². The monoisotopic (exact) mass is 271 g/mol. The van der Waals surface area contributed by atoms with Crippen LogP contribution in [0.15, 0.2) is 17.6 Å². The summed E-state index contributed by atoms with van der Waals surface area (Å²) < 4.78 is 26.3. The summed E-state index contributed by atoms with van der Waals surface area (Å²) in [6.07, 6.45) is 5.79. The van der Waals surface area contributed by atoms with Gasteiger partial charge in [0, 0.05) is 13.1 Å². The number of sulfonamides is 1. The van der Waals surface area contributed by atoms with Crippen molar-refractivity contribution in [2.24, 2.45) is 11.8 Å². The van der Waals surface area contributed by atoms with Crippen molar-refractivity contribution in [3.63, 3.8) is 0 Å². The third kappa shape index (κ3) is 2.75. The second-order valence-electron chi connectivity index (χ2n) is 5.25. The Kier molecular flexibility index (Phi) is 4.07. The van der Waals surface area contributed by atoms with Crippen molar-refractivity contribution in [1.82, 2.24) is 14.3 Å². The first kappa shape index (κ1) is 13.5. The van der Waals surface area contributed by atoms with Crippen LogP contribution >= 0.6 is 0 Å². The second-order valence-corrected chi connectivity index (χ2v) is 7.16. The number of H-pyrrole nitrogens is 1. The summed E-state index contributed by atoms with van der Waals surface area (Å²) in [5, 5.41) is 0.200. The Morgan fingerprint density at radius 1 is 1.39 bits per heavy atom. The lowest BCUT2D eigenvalue weighted by atomic mass is 9.89. The zero-order chi connectivity index (χ0) is 13.2. The SMILES string of the molecule is CC(C)C1CCCN(S(=O)(=O)c2cnc[nH]2)CC1. The van der Waals surface area contributed by atoms with Gasteiger partial charge in [0.15, 0.2) is 5.03 Å². The largest absolute Gasteiger partial charge is 0.335 e. The van der Waals surface area contributed by atoms with Gasteiger partial charge in [-0.05, 0) is 31.1 Å². The lowest BCUT2D eigenvalue weighted by Gasteiger charge is -2.20. The highest BCUT2D eigenvalue weighted by Gasteiger charge is 2.29. The maximum Gasteiger partial charge on any atom is 0.260 e. The standard InChI is InChI=1S/C12H21N3O2S/c1-10(2)11-4-3-6-15(7-5-11)18(16,17)12-8-13-9-14-12/h8-11H,3-7H2,1-2H3,(H,13,14). The minimum absolute atomic E-state index is 0.200. The number of aromatic nitrogens is 2. The Bertz CT molecular complexity index is 468. The lowest BCUT2D eigenvalue weighted by Crippen LogP contribution is -2.32. The van der Waals surface area contributed by atoms with Crippen LogP contribution in [-0.2, 0) is 10.0 Å². The number of aromatic amines is 1. The molecule has 1 unspecified atom stereocenters. The fraction of sp³-hybridized carbons (Fsp3) is 0.750. The molecule has 1 aromatic heterocycles. The molecule has 2 heterocycles. The van der Waals surface area contributed by atoms with Crippen molar-refractivity contribution in [3.05, 3.63) is 12.5 Å².